The average Bonchev–Trinajstić information content (AvgIpc) is 2.61. The first-order chi connectivity index (χ1) is 9.38. The molecule has 4 heteroatoms. The molecule has 0 amide bonds. The van der Waals surface area contributed by atoms with E-state index in [1.54, 1.807) is 0 Å². The Hall–Kier alpha value is -0.450. The Morgan fingerprint density at radius 3 is 2.25 bits per heavy atom. The molecule has 3 nitrogen and oxygen atoms in total. The first-order valence-electron chi connectivity index (χ1n) is 7.89. The van der Waals surface area contributed by atoms with Gasteiger partial charge in [-0.25, -0.2) is 4.98 Å². The molecule has 1 aliphatic heterocycles. The van der Waals surface area contributed by atoms with E-state index in [2.05, 4.69) is 32.6 Å². The van der Waals surface area contributed by atoms with Gasteiger partial charge in [0.2, 0.25) is 0 Å². The van der Waals surface area contributed by atoms with Gasteiger partial charge in [-0.2, -0.15) is 0 Å². The van der Waals surface area contributed by atoms with E-state index in [1.165, 1.54) is 54.4 Å². The minimum Gasteiger partial charge on any atom is -0.321 e. The maximum absolute atomic E-state index is 6.32. The lowest BCUT2D eigenvalue weighted by Gasteiger charge is -2.19. The maximum atomic E-state index is 6.32. The van der Waals surface area contributed by atoms with Crippen LogP contribution >= 0.6 is 11.3 Å². The summed E-state index contributed by atoms with van der Waals surface area (Å²) in [6.07, 6.45) is 5.43. The molecule has 1 aromatic heterocycles. The fourth-order valence-electron chi connectivity index (χ4n) is 2.78. The number of hydrogen-bond acceptors (Lipinski definition) is 4. The minimum absolute atomic E-state index is 0.283. The van der Waals surface area contributed by atoms with Gasteiger partial charge in [0.05, 0.1) is 12.2 Å². The summed E-state index contributed by atoms with van der Waals surface area (Å²) < 4.78 is 0. The van der Waals surface area contributed by atoms with Gasteiger partial charge in [0.25, 0.3) is 0 Å². The van der Waals surface area contributed by atoms with Gasteiger partial charge >= 0.3 is 0 Å². The predicted octanol–water partition coefficient (Wildman–Crippen LogP) is 3.84. The SMILES string of the molecule is CC(C)c1nc(CN2CCCCCC2)sc1C(C)(C)N. The Bertz CT molecular complexity index is 423. The molecule has 0 spiro atoms. The summed E-state index contributed by atoms with van der Waals surface area (Å²) >= 11 is 1.82. The summed E-state index contributed by atoms with van der Waals surface area (Å²) in [5.41, 5.74) is 7.24. The van der Waals surface area contributed by atoms with Crippen LogP contribution in [0.2, 0.25) is 0 Å². The number of thiazole rings is 1. The van der Waals surface area contributed by atoms with Gasteiger partial charge in [-0.1, -0.05) is 26.7 Å². The van der Waals surface area contributed by atoms with Crippen LogP contribution in [0, 0.1) is 0 Å². The molecule has 0 atom stereocenters. The Balaban J connectivity index is 2.16. The zero-order valence-electron chi connectivity index (χ0n) is 13.4. The molecular weight excluding hydrogens is 266 g/mol. The van der Waals surface area contributed by atoms with E-state index in [4.69, 9.17) is 10.7 Å². The number of aromatic nitrogens is 1. The third-order valence-electron chi connectivity index (χ3n) is 3.89. The fraction of sp³-hybridized carbons (Fsp3) is 0.812. The third-order valence-corrected chi connectivity index (χ3v) is 5.28. The Labute approximate surface area is 127 Å². The summed E-state index contributed by atoms with van der Waals surface area (Å²) in [5.74, 6) is 0.446. The van der Waals surface area contributed by atoms with E-state index in [1.807, 2.05) is 11.3 Å². The standard InChI is InChI=1S/C16H29N3S/c1-12(2)14-15(16(3,4)17)20-13(18-14)11-19-9-7-5-6-8-10-19/h12H,5-11,17H2,1-4H3. The lowest BCUT2D eigenvalue weighted by atomic mass is 9.98. The van der Waals surface area contributed by atoms with Gasteiger partial charge < -0.3 is 5.73 Å². The Kier molecular flexibility index (Phi) is 5.21. The molecule has 2 N–H and O–H groups in total. The quantitative estimate of drug-likeness (QED) is 0.917. The van der Waals surface area contributed by atoms with E-state index >= 15 is 0 Å². The zero-order chi connectivity index (χ0) is 14.8. The molecule has 0 unspecified atom stereocenters. The van der Waals surface area contributed by atoms with Crippen LogP contribution in [0.5, 0.6) is 0 Å². The predicted molar refractivity (Wildman–Crippen MR) is 87.2 cm³/mol. The molecule has 2 heterocycles. The van der Waals surface area contributed by atoms with Crippen molar-refractivity contribution in [2.45, 2.75) is 71.4 Å². The number of nitrogens with two attached hydrogens (primary N) is 1. The second kappa shape index (κ2) is 6.54. The van der Waals surface area contributed by atoms with Gasteiger partial charge in [0.15, 0.2) is 0 Å². The highest BCUT2D eigenvalue weighted by atomic mass is 32.1. The van der Waals surface area contributed by atoms with E-state index in [0.29, 0.717) is 5.92 Å². The van der Waals surface area contributed by atoms with Crippen molar-refractivity contribution in [3.8, 4) is 0 Å². The summed E-state index contributed by atoms with van der Waals surface area (Å²) in [6.45, 7) is 12.0. The van der Waals surface area contributed by atoms with Crippen LogP contribution in [0.25, 0.3) is 0 Å². The van der Waals surface area contributed by atoms with Crippen LogP contribution in [-0.4, -0.2) is 23.0 Å². The van der Waals surface area contributed by atoms with Crippen LogP contribution in [0.3, 0.4) is 0 Å². The van der Waals surface area contributed by atoms with Crippen LogP contribution in [0.1, 0.15) is 74.9 Å². The molecule has 1 aliphatic rings. The molecule has 2 rings (SSSR count). The molecule has 114 valence electrons. The highest BCUT2D eigenvalue weighted by Gasteiger charge is 2.25. The first kappa shape index (κ1) is 15.9. The number of likely N-dealkylation sites (tertiary alicyclic amines) is 1. The largest absolute Gasteiger partial charge is 0.321 e. The maximum Gasteiger partial charge on any atom is 0.107 e. The minimum atomic E-state index is -0.283. The molecular formula is C16H29N3S. The summed E-state index contributed by atoms with van der Waals surface area (Å²) in [6, 6.07) is 0. The van der Waals surface area contributed by atoms with Gasteiger partial charge in [-0.15, -0.1) is 11.3 Å². The van der Waals surface area contributed by atoms with Crippen molar-refractivity contribution in [3.63, 3.8) is 0 Å². The topological polar surface area (TPSA) is 42.2 Å². The van der Waals surface area contributed by atoms with Crippen molar-refractivity contribution in [1.82, 2.24) is 9.88 Å². The fourth-order valence-corrected chi connectivity index (χ4v) is 4.06. The van der Waals surface area contributed by atoms with E-state index in [0.717, 1.165) is 6.54 Å². The van der Waals surface area contributed by atoms with Crippen LogP contribution in [-0.2, 0) is 12.1 Å². The van der Waals surface area contributed by atoms with Crippen molar-refractivity contribution in [2.24, 2.45) is 5.73 Å². The molecule has 1 fully saturated rings. The number of rotatable bonds is 4. The lowest BCUT2D eigenvalue weighted by molar-refractivity contribution is 0.276. The highest BCUT2D eigenvalue weighted by molar-refractivity contribution is 7.11. The second-order valence-electron chi connectivity index (χ2n) is 6.89. The molecule has 0 aromatic carbocycles. The summed E-state index contributed by atoms with van der Waals surface area (Å²) in [4.78, 5) is 8.72. The summed E-state index contributed by atoms with van der Waals surface area (Å²) in [5, 5.41) is 1.24. The van der Waals surface area contributed by atoms with Crippen molar-refractivity contribution in [2.75, 3.05) is 13.1 Å². The molecule has 1 saturated heterocycles. The number of hydrogen-bond donors (Lipinski definition) is 1. The Morgan fingerprint density at radius 2 is 1.80 bits per heavy atom. The molecule has 20 heavy (non-hydrogen) atoms. The molecule has 0 radical (unpaired) electrons. The van der Waals surface area contributed by atoms with Gasteiger partial charge in [0, 0.05) is 10.4 Å². The van der Waals surface area contributed by atoms with Gasteiger partial charge in [-0.05, 0) is 45.7 Å². The van der Waals surface area contributed by atoms with Crippen LogP contribution in [0.4, 0.5) is 0 Å². The number of nitrogens with zero attached hydrogens (tertiary/aromatic N) is 2. The van der Waals surface area contributed by atoms with Crippen LogP contribution < -0.4 is 5.73 Å². The second-order valence-corrected chi connectivity index (χ2v) is 7.97. The lowest BCUT2D eigenvalue weighted by Crippen LogP contribution is -2.28. The molecule has 0 aliphatic carbocycles. The van der Waals surface area contributed by atoms with Crippen molar-refractivity contribution in [3.05, 3.63) is 15.6 Å². The molecule has 0 saturated carbocycles. The molecule has 1 aromatic rings. The summed E-state index contributed by atoms with van der Waals surface area (Å²) in [7, 11) is 0. The van der Waals surface area contributed by atoms with Gasteiger partial charge in [-0.3, -0.25) is 4.90 Å². The third kappa shape index (κ3) is 4.03. The monoisotopic (exact) mass is 295 g/mol. The zero-order valence-corrected chi connectivity index (χ0v) is 14.2. The average molecular weight is 295 g/mol. The van der Waals surface area contributed by atoms with E-state index in [9.17, 15) is 0 Å². The van der Waals surface area contributed by atoms with E-state index < -0.39 is 0 Å². The first-order valence-corrected chi connectivity index (χ1v) is 8.71. The van der Waals surface area contributed by atoms with Crippen molar-refractivity contribution < 1.29 is 0 Å². The normalized spacial score (nSPS) is 18.5. The van der Waals surface area contributed by atoms with Crippen molar-refractivity contribution in [1.29, 1.82) is 0 Å². The van der Waals surface area contributed by atoms with Gasteiger partial charge in [0.1, 0.15) is 5.01 Å². The molecule has 0 bridgehead atoms. The Morgan fingerprint density at radius 1 is 1.20 bits per heavy atom. The van der Waals surface area contributed by atoms with E-state index in [-0.39, 0.29) is 5.54 Å². The van der Waals surface area contributed by atoms with Crippen LogP contribution in [0.15, 0.2) is 0 Å². The van der Waals surface area contributed by atoms with Crippen molar-refractivity contribution >= 4 is 11.3 Å². The smallest absolute Gasteiger partial charge is 0.107 e. The highest BCUT2D eigenvalue weighted by Crippen LogP contribution is 2.33.